The van der Waals surface area contributed by atoms with E-state index in [0.717, 1.165) is 55.9 Å². The zero-order valence-electron chi connectivity index (χ0n) is 19.3. The lowest BCUT2D eigenvalue weighted by molar-refractivity contribution is -0.274. The third kappa shape index (κ3) is 7.07. The number of aromatic nitrogens is 5. The van der Waals surface area contributed by atoms with Crippen molar-refractivity contribution in [2.75, 3.05) is 30.4 Å². The molecule has 1 saturated heterocycles. The van der Waals surface area contributed by atoms with Gasteiger partial charge in [0.05, 0.1) is 12.4 Å². The molecule has 3 heterocycles. The van der Waals surface area contributed by atoms with Gasteiger partial charge in [-0.25, -0.2) is 4.98 Å². The Balaban J connectivity index is 1.26. The van der Waals surface area contributed by atoms with Gasteiger partial charge in [-0.05, 0) is 42.9 Å². The topological polar surface area (TPSA) is 115 Å². The third-order valence-corrected chi connectivity index (χ3v) is 6.51. The summed E-state index contributed by atoms with van der Waals surface area (Å²) in [4.78, 5) is 19.1. The Morgan fingerprint density at radius 1 is 1.28 bits per heavy atom. The van der Waals surface area contributed by atoms with Crippen LogP contribution >= 0.6 is 11.3 Å². The Bertz CT molecular complexity index is 1150. The smallest absolute Gasteiger partial charge is 0.406 e. The summed E-state index contributed by atoms with van der Waals surface area (Å²) in [5.74, 6) is 0.165. The number of ether oxygens (including phenoxy) is 2. The van der Waals surface area contributed by atoms with Gasteiger partial charge in [0.25, 0.3) is 5.91 Å². The number of alkyl halides is 3. The molecule has 10 nitrogen and oxygen atoms in total. The summed E-state index contributed by atoms with van der Waals surface area (Å²) in [5, 5.41) is 19.8. The van der Waals surface area contributed by atoms with Gasteiger partial charge in [0, 0.05) is 26.6 Å². The minimum Gasteiger partial charge on any atom is -0.406 e. The number of benzene rings is 1. The number of nitrogens with zero attached hydrogens (tertiary/aromatic N) is 6. The number of carbonyl (C=O) groups excluding carboxylic acids is 1. The number of anilines is 2. The fourth-order valence-corrected chi connectivity index (χ4v) is 4.81. The largest absolute Gasteiger partial charge is 0.573 e. The molecule has 1 aromatic carbocycles. The number of aryl methyl sites for hydroxylation is 1. The van der Waals surface area contributed by atoms with E-state index in [9.17, 15) is 18.0 Å². The van der Waals surface area contributed by atoms with Crippen molar-refractivity contribution in [3.63, 3.8) is 0 Å². The van der Waals surface area contributed by atoms with Crippen molar-refractivity contribution in [3.8, 4) is 5.75 Å². The van der Waals surface area contributed by atoms with Crippen molar-refractivity contribution in [1.29, 1.82) is 0 Å². The lowest BCUT2D eigenvalue weighted by Gasteiger charge is -2.16. The van der Waals surface area contributed by atoms with Crippen LogP contribution in [0.25, 0.3) is 0 Å². The van der Waals surface area contributed by atoms with Crippen molar-refractivity contribution in [1.82, 2.24) is 25.4 Å². The zero-order chi connectivity index (χ0) is 25.5. The van der Waals surface area contributed by atoms with Gasteiger partial charge in [-0.15, -0.1) is 28.5 Å². The van der Waals surface area contributed by atoms with Crippen LogP contribution in [-0.4, -0.2) is 57.8 Å². The molecular weight excluding hydrogens is 499 g/mol. The molecule has 1 N–H and O–H groups in total. The molecule has 1 amide bonds. The molecule has 4 rings (SSSR count). The van der Waals surface area contributed by atoms with E-state index in [2.05, 4.69) is 40.3 Å². The van der Waals surface area contributed by atoms with E-state index in [0.29, 0.717) is 17.0 Å². The molecule has 1 aliphatic rings. The van der Waals surface area contributed by atoms with Crippen LogP contribution in [0.3, 0.4) is 0 Å². The molecule has 1 aliphatic heterocycles. The summed E-state index contributed by atoms with van der Waals surface area (Å²) < 4.78 is 46.7. The Hall–Kier alpha value is -3.39. The van der Waals surface area contributed by atoms with Gasteiger partial charge in [0.1, 0.15) is 10.8 Å². The highest BCUT2D eigenvalue weighted by Gasteiger charge is 2.32. The first-order valence-electron chi connectivity index (χ1n) is 11.2. The minimum atomic E-state index is -4.84. The first kappa shape index (κ1) is 25.7. The number of amides is 1. The maximum absolute atomic E-state index is 12.7. The Labute approximate surface area is 208 Å². The van der Waals surface area contributed by atoms with Crippen LogP contribution < -0.4 is 15.0 Å². The van der Waals surface area contributed by atoms with Crippen molar-refractivity contribution >= 4 is 28.3 Å². The number of carbonyl (C=O) groups is 1. The molecule has 192 valence electrons. The van der Waals surface area contributed by atoms with E-state index in [1.165, 1.54) is 30.6 Å². The van der Waals surface area contributed by atoms with Crippen LogP contribution in [0.5, 0.6) is 5.75 Å². The third-order valence-electron chi connectivity index (χ3n) is 5.61. The number of hydrogen-bond donors (Lipinski definition) is 1. The lowest BCUT2D eigenvalue weighted by Crippen LogP contribution is -2.23. The number of nitrogens with one attached hydrogen (secondary N) is 1. The molecule has 0 bridgehead atoms. The molecule has 0 radical (unpaired) electrons. The first-order chi connectivity index (χ1) is 17.3. The highest BCUT2D eigenvalue weighted by Crippen LogP contribution is 2.29. The maximum atomic E-state index is 12.7. The summed E-state index contributed by atoms with van der Waals surface area (Å²) in [6.45, 7) is 1.79. The Morgan fingerprint density at radius 3 is 2.89 bits per heavy atom. The number of hydrogen-bond acceptors (Lipinski definition) is 10. The zero-order valence-corrected chi connectivity index (χ0v) is 20.1. The van der Waals surface area contributed by atoms with Gasteiger partial charge < -0.3 is 14.4 Å². The molecule has 0 aliphatic carbocycles. The highest BCUT2D eigenvalue weighted by atomic mass is 32.1. The molecule has 0 spiro atoms. The van der Waals surface area contributed by atoms with E-state index < -0.39 is 24.1 Å². The van der Waals surface area contributed by atoms with Crippen LogP contribution in [0.15, 0.2) is 36.7 Å². The molecule has 36 heavy (non-hydrogen) atoms. The van der Waals surface area contributed by atoms with Gasteiger partial charge in [-0.1, -0.05) is 23.5 Å². The van der Waals surface area contributed by atoms with Crippen molar-refractivity contribution in [2.24, 2.45) is 5.92 Å². The predicted octanol–water partition coefficient (Wildman–Crippen LogP) is 3.80. The summed E-state index contributed by atoms with van der Waals surface area (Å²) in [7, 11) is 1.29. The monoisotopic (exact) mass is 523 g/mol. The van der Waals surface area contributed by atoms with E-state index >= 15 is 0 Å². The second-order valence-corrected chi connectivity index (χ2v) is 9.22. The SMILES string of the molecule is CO[C@H](C(=O)Nc1nnc(CCC[C@@H]2CCN(c3nccnn3)C2)s1)c1cccc(OC(F)(F)F)c1. The summed E-state index contributed by atoms with van der Waals surface area (Å²) in [6, 6.07) is 5.09. The van der Waals surface area contributed by atoms with Crippen molar-refractivity contribution < 1.29 is 27.4 Å². The van der Waals surface area contributed by atoms with Crippen LogP contribution in [0.4, 0.5) is 24.3 Å². The summed E-state index contributed by atoms with van der Waals surface area (Å²) in [6.07, 6.45) is 0.912. The quantitative estimate of drug-likeness (QED) is 0.424. The molecule has 1 fully saturated rings. The van der Waals surface area contributed by atoms with Gasteiger partial charge >= 0.3 is 6.36 Å². The summed E-state index contributed by atoms with van der Waals surface area (Å²) in [5.41, 5.74) is 0.212. The maximum Gasteiger partial charge on any atom is 0.573 e. The standard InChI is InChI=1S/C22H24F3N7O3S/c1-34-18(15-5-3-6-16(12-15)35-22(23,24)25)19(33)28-21-31-29-17(36-21)7-2-4-14-8-11-32(13-14)20-26-9-10-27-30-20/h3,5-6,9-10,12,14,18H,2,4,7-8,11,13H2,1H3,(H,28,31,33)/t14-,18+/m1/s1. The average Bonchev–Trinajstić information content (AvgIpc) is 3.49. The van der Waals surface area contributed by atoms with Gasteiger partial charge in [0.2, 0.25) is 11.1 Å². The summed E-state index contributed by atoms with van der Waals surface area (Å²) >= 11 is 1.25. The van der Waals surface area contributed by atoms with E-state index in [1.54, 1.807) is 12.4 Å². The number of halogens is 3. The molecule has 14 heteroatoms. The van der Waals surface area contributed by atoms with E-state index in [4.69, 9.17) is 4.74 Å². The second kappa shape index (κ2) is 11.6. The fourth-order valence-electron chi connectivity index (χ4n) is 4.02. The molecule has 2 aromatic heterocycles. The number of rotatable bonds is 10. The van der Waals surface area contributed by atoms with Crippen LogP contribution in [0.2, 0.25) is 0 Å². The van der Waals surface area contributed by atoms with Gasteiger partial charge in [0.15, 0.2) is 6.10 Å². The predicted molar refractivity (Wildman–Crippen MR) is 124 cm³/mol. The Kier molecular flexibility index (Phi) is 8.25. The van der Waals surface area contributed by atoms with Gasteiger partial charge in [-0.2, -0.15) is 5.10 Å². The molecule has 2 atom stereocenters. The molecule has 0 saturated carbocycles. The van der Waals surface area contributed by atoms with Gasteiger partial charge in [-0.3, -0.25) is 10.1 Å². The van der Waals surface area contributed by atoms with E-state index in [-0.39, 0.29) is 5.56 Å². The van der Waals surface area contributed by atoms with Crippen molar-refractivity contribution in [3.05, 3.63) is 47.2 Å². The molecule has 0 unspecified atom stereocenters. The molecule has 3 aromatic rings. The lowest BCUT2D eigenvalue weighted by atomic mass is 10.0. The molecular formula is C22H24F3N7O3S. The Morgan fingerprint density at radius 2 is 2.14 bits per heavy atom. The highest BCUT2D eigenvalue weighted by molar-refractivity contribution is 7.15. The van der Waals surface area contributed by atoms with Crippen LogP contribution in [-0.2, 0) is 16.0 Å². The van der Waals surface area contributed by atoms with Crippen molar-refractivity contribution in [2.45, 2.75) is 38.1 Å². The minimum absolute atomic E-state index is 0.212. The number of methoxy groups -OCH3 is 1. The first-order valence-corrected chi connectivity index (χ1v) is 12.0. The normalized spacial score (nSPS) is 16.7. The second-order valence-electron chi connectivity index (χ2n) is 8.16. The van der Waals surface area contributed by atoms with Crippen LogP contribution in [0, 0.1) is 5.92 Å². The van der Waals surface area contributed by atoms with E-state index in [1.807, 2.05) is 0 Å². The van der Waals surface area contributed by atoms with Crippen LogP contribution in [0.1, 0.15) is 35.9 Å². The fraction of sp³-hybridized carbons (Fsp3) is 0.455. The average molecular weight is 524 g/mol.